The van der Waals surface area contributed by atoms with Gasteiger partial charge in [0.1, 0.15) is 6.07 Å². The van der Waals surface area contributed by atoms with E-state index in [0.717, 1.165) is 34.5 Å². The molecule has 0 radical (unpaired) electrons. The number of nitriles is 1. The Morgan fingerprint density at radius 1 is 0.909 bits per heavy atom. The Bertz CT molecular complexity index is 816. The van der Waals surface area contributed by atoms with Gasteiger partial charge in [0, 0.05) is 16.8 Å². The van der Waals surface area contributed by atoms with Gasteiger partial charge in [0.25, 0.3) is 0 Å². The van der Waals surface area contributed by atoms with Crippen molar-refractivity contribution in [3.8, 4) is 28.5 Å². The summed E-state index contributed by atoms with van der Waals surface area (Å²) in [7, 11) is 0. The molecule has 106 valence electrons. The lowest BCUT2D eigenvalue weighted by Crippen LogP contribution is -1.98. The maximum atomic E-state index is 9.52. The summed E-state index contributed by atoms with van der Waals surface area (Å²) < 4.78 is 0. The van der Waals surface area contributed by atoms with Gasteiger partial charge >= 0.3 is 0 Å². The second-order valence-corrected chi connectivity index (χ2v) is 5.08. The molecule has 0 saturated heterocycles. The number of pyridine rings is 1. The predicted molar refractivity (Wildman–Crippen MR) is 89.2 cm³/mol. The normalized spacial score (nSPS) is 10.2. The van der Waals surface area contributed by atoms with E-state index in [9.17, 15) is 5.26 Å². The van der Waals surface area contributed by atoms with Crippen LogP contribution in [0, 0.1) is 11.3 Å². The van der Waals surface area contributed by atoms with Crippen molar-refractivity contribution in [2.45, 2.75) is 13.3 Å². The fraction of sp³-hybridized carbons (Fsp3) is 0.100. The first kappa shape index (κ1) is 14.0. The second kappa shape index (κ2) is 6.24. The molecule has 0 spiro atoms. The summed E-state index contributed by atoms with van der Waals surface area (Å²) in [6.45, 7) is 2.09. The van der Waals surface area contributed by atoms with Gasteiger partial charge in [-0.1, -0.05) is 67.6 Å². The lowest BCUT2D eigenvalue weighted by atomic mass is 9.97. The van der Waals surface area contributed by atoms with E-state index in [1.165, 1.54) is 0 Å². The Labute approximate surface area is 130 Å². The Balaban J connectivity index is 2.22. The Kier molecular flexibility index (Phi) is 3.98. The van der Waals surface area contributed by atoms with Crippen molar-refractivity contribution >= 4 is 0 Å². The molecule has 0 N–H and O–H groups in total. The molecule has 0 amide bonds. The van der Waals surface area contributed by atoms with E-state index in [-0.39, 0.29) is 0 Å². The number of aromatic nitrogens is 1. The highest BCUT2D eigenvalue weighted by atomic mass is 14.7. The van der Waals surface area contributed by atoms with Gasteiger partial charge in [0.05, 0.1) is 11.3 Å². The van der Waals surface area contributed by atoms with Crippen LogP contribution in [-0.4, -0.2) is 4.98 Å². The highest BCUT2D eigenvalue weighted by molar-refractivity contribution is 5.74. The number of nitrogens with zero attached hydrogens (tertiary/aromatic N) is 2. The van der Waals surface area contributed by atoms with E-state index in [4.69, 9.17) is 4.98 Å². The monoisotopic (exact) mass is 284 g/mol. The Morgan fingerprint density at radius 2 is 1.50 bits per heavy atom. The third-order valence-electron chi connectivity index (χ3n) is 3.69. The van der Waals surface area contributed by atoms with Crippen LogP contribution in [0.1, 0.15) is 18.2 Å². The van der Waals surface area contributed by atoms with Crippen LogP contribution in [-0.2, 0) is 6.42 Å². The summed E-state index contributed by atoms with van der Waals surface area (Å²) in [6, 6.07) is 24.3. The molecule has 0 bridgehead atoms. The molecule has 0 aliphatic heterocycles. The van der Waals surface area contributed by atoms with Crippen LogP contribution >= 0.6 is 0 Å². The first-order valence-corrected chi connectivity index (χ1v) is 7.38. The van der Waals surface area contributed by atoms with Gasteiger partial charge in [-0.3, -0.25) is 4.98 Å². The van der Waals surface area contributed by atoms with Gasteiger partial charge in [-0.15, -0.1) is 0 Å². The summed E-state index contributed by atoms with van der Waals surface area (Å²) in [5.74, 6) is 0. The SMILES string of the molecule is CCc1nc(-c2ccccc2)c(C#N)cc1-c1ccccc1. The van der Waals surface area contributed by atoms with Gasteiger partial charge in [0.2, 0.25) is 0 Å². The lowest BCUT2D eigenvalue weighted by molar-refractivity contribution is 1.04. The smallest absolute Gasteiger partial charge is 0.101 e. The maximum Gasteiger partial charge on any atom is 0.101 e. The van der Waals surface area contributed by atoms with E-state index in [0.29, 0.717) is 5.56 Å². The van der Waals surface area contributed by atoms with Crippen molar-refractivity contribution < 1.29 is 0 Å². The fourth-order valence-corrected chi connectivity index (χ4v) is 2.59. The number of benzene rings is 2. The van der Waals surface area contributed by atoms with Crippen molar-refractivity contribution in [1.29, 1.82) is 5.26 Å². The third-order valence-corrected chi connectivity index (χ3v) is 3.69. The van der Waals surface area contributed by atoms with E-state index >= 15 is 0 Å². The average Bonchev–Trinajstić information content (AvgIpc) is 2.62. The quantitative estimate of drug-likeness (QED) is 0.689. The molecule has 0 unspecified atom stereocenters. The lowest BCUT2D eigenvalue weighted by Gasteiger charge is -2.12. The summed E-state index contributed by atoms with van der Waals surface area (Å²) >= 11 is 0. The number of aryl methyl sites for hydroxylation is 1. The molecule has 0 atom stereocenters. The molecule has 1 heterocycles. The molecule has 0 aliphatic carbocycles. The molecule has 0 fully saturated rings. The second-order valence-electron chi connectivity index (χ2n) is 5.08. The number of hydrogen-bond donors (Lipinski definition) is 0. The maximum absolute atomic E-state index is 9.52. The van der Waals surface area contributed by atoms with Gasteiger partial charge in [-0.25, -0.2) is 0 Å². The highest BCUT2D eigenvalue weighted by Crippen LogP contribution is 2.29. The van der Waals surface area contributed by atoms with Crippen molar-refractivity contribution in [3.63, 3.8) is 0 Å². The first-order valence-electron chi connectivity index (χ1n) is 7.38. The molecular weight excluding hydrogens is 268 g/mol. The molecule has 2 nitrogen and oxygen atoms in total. The molecule has 3 rings (SSSR count). The molecule has 2 heteroatoms. The minimum absolute atomic E-state index is 0.613. The van der Waals surface area contributed by atoms with E-state index < -0.39 is 0 Å². The summed E-state index contributed by atoms with van der Waals surface area (Å²) in [6.07, 6.45) is 0.829. The number of rotatable bonds is 3. The zero-order valence-electron chi connectivity index (χ0n) is 12.5. The zero-order valence-corrected chi connectivity index (χ0v) is 12.5. The van der Waals surface area contributed by atoms with Gasteiger partial charge in [0.15, 0.2) is 0 Å². The average molecular weight is 284 g/mol. The van der Waals surface area contributed by atoms with Crippen molar-refractivity contribution in [3.05, 3.63) is 78.0 Å². The van der Waals surface area contributed by atoms with Crippen molar-refractivity contribution in [2.24, 2.45) is 0 Å². The summed E-state index contributed by atoms with van der Waals surface area (Å²) in [5, 5.41) is 9.52. The van der Waals surface area contributed by atoms with Crippen molar-refractivity contribution in [1.82, 2.24) is 4.98 Å². The van der Waals surface area contributed by atoms with Crippen LogP contribution in [0.5, 0.6) is 0 Å². The minimum Gasteiger partial charge on any atom is -0.251 e. The standard InChI is InChI=1S/C20H16N2/c1-2-19-18(15-9-5-3-6-10-15)13-17(14-21)20(22-19)16-11-7-4-8-12-16/h3-13H,2H2,1H3. The van der Waals surface area contributed by atoms with Crippen LogP contribution < -0.4 is 0 Å². The van der Waals surface area contributed by atoms with Crippen LogP contribution in [0.3, 0.4) is 0 Å². The summed E-state index contributed by atoms with van der Waals surface area (Å²) in [4.78, 5) is 4.79. The molecule has 22 heavy (non-hydrogen) atoms. The largest absolute Gasteiger partial charge is 0.251 e. The molecular formula is C20H16N2. The topological polar surface area (TPSA) is 36.7 Å². The Morgan fingerprint density at radius 3 is 2.05 bits per heavy atom. The Hall–Kier alpha value is -2.92. The third kappa shape index (κ3) is 2.62. The molecule has 0 saturated carbocycles. The zero-order chi connectivity index (χ0) is 15.4. The fourth-order valence-electron chi connectivity index (χ4n) is 2.59. The van der Waals surface area contributed by atoms with E-state index in [1.54, 1.807) is 0 Å². The van der Waals surface area contributed by atoms with Crippen molar-refractivity contribution in [2.75, 3.05) is 0 Å². The van der Waals surface area contributed by atoms with Crippen LogP contribution in [0.2, 0.25) is 0 Å². The van der Waals surface area contributed by atoms with Gasteiger partial charge in [-0.05, 0) is 18.1 Å². The highest BCUT2D eigenvalue weighted by Gasteiger charge is 2.13. The van der Waals surface area contributed by atoms with Gasteiger partial charge in [-0.2, -0.15) is 5.26 Å². The molecule has 1 aromatic heterocycles. The first-order chi connectivity index (χ1) is 10.8. The molecule has 3 aromatic rings. The number of hydrogen-bond acceptors (Lipinski definition) is 2. The van der Waals surface area contributed by atoms with E-state index in [2.05, 4.69) is 25.1 Å². The van der Waals surface area contributed by atoms with Crippen LogP contribution in [0.25, 0.3) is 22.4 Å². The molecule has 0 aliphatic rings. The van der Waals surface area contributed by atoms with E-state index in [1.807, 2.05) is 54.6 Å². The van der Waals surface area contributed by atoms with Crippen LogP contribution in [0.15, 0.2) is 66.7 Å². The minimum atomic E-state index is 0.613. The van der Waals surface area contributed by atoms with Gasteiger partial charge < -0.3 is 0 Å². The summed E-state index contributed by atoms with van der Waals surface area (Å²) in [5.41, 5.74) is 5.52. The predicted octanol–water partition coefficient (Wildman–Crippen LogP) is 4.85. The van der Waals surface area contributed by atoms with Crippen LogP contribution in [0.4, 0.5) is 0 Å². The molecule has 2 aromatic carbocycles.